The van der Waals surface area contributed by atoms with E-state index in [1.54, 1.807) is 32.5 Å². The number of benzene rings is 1. The molecule has 0 aliphatic heterocycles. The molecule has 3 aromatic carbocycles. The van der Waals surface area contributed by atoms with Crippen LogP contribution >= 0.6 is 17.0 Å². The Morgan fingerprint density at radius 1 is 0.871 bits per heavy atom. The van der Waals surface area contributed by atoms with Gasteiger partial charge in [-0.2, -0.15) is 33.0 Å². The predicted molar refractivity (Wildman–Crippen MR) is 145 cm³/mol. The molecule has 0 aromatic heterocycles. The molecule has 31 heavy (non-hydrogen) atoms. The molecule has 3 rings (SSSR count). The SMILES string of the molecule is CC[Si](CC)([c-]1c(C)c(C)c(C)c1C)[c-]1cc(C[Si](C)(C)C)c2ccccc21.[Cl][Zr+2][Cl]. The molecule has 0 heterocycles. The molecule has 5 heteroatoms. The van der Waals surface area contributed by atoms with Crippen LogP contribution in [0.4, 0.5) is 0 Å². The van der Waals surface area contributed by atoms with E-state index in [1.807, 2.05) is 0 Å². The molecule has 0 nitrogen and oxygen atoms in total. The summed E-state index contributed by atoms with van der Waals surface area (Å²) in [6.45, 7) is 21.8. The zero-order valence-corrected chi connectivity index (χ0v) is 26.7. The molecular weight excluding hydrogens is 531 g/mol. The second-order valence-corrected chi connectivity index (χ2v) is 23.9. The Kier molecular flexibility index (Phi) is 9.70. The molecule has 0 amide bonds. The van der Waals surface area contributed by atoms with Crippen molar-refractivity contribution in [2.75, 3.05) is 0 Å². The van der Waals surface area contributed by atoms with E-state index in [1.165, 1.54) is 34.6 Å². The molecule has 0 atom stereocenters. The number of fused-ring (bicyclic) bond motifs is 1. The molecule has 0 N–H and O–H groups in total. The van der Waals surface area contributed by atoms with Crippen molar-refractivity contribution in [1.29, 1.82) is 0 Å². The van der Waals surface area contributed by atoms with Gasteiger partial charge in [-0.1, -0.05) is 85.4 Å². The van der Waals surface area contributed by atoms with Crippen LogP contribution in [0.25, 0.3) is 10.8 Å². The van der Waals surface area contributed by atoms with Gasteiger partial charge in [-0.05, 0) is 0 Å². The Bertz CT molecular complexity index is 995. The van der Waals surface area contributed by atoms with Crippen molar-refractivity contribution in [1.82, 2.24) is 0 Å². The van der Waals surface area contributed by atoms with Crippen LogP contribution in [-0.4, -0.2) is 16.1 Å². The Morgan fingerprint density at radius 3 is 1.81 bits per heavy atom. The van der Waals surface area contributed by atoms with Crippen LogP contribution in [0.15, 0.2) is 30.3 Å². The fourth-order valence-corrected chi connectivity index (χ4v) is 12.2. The van der Waals surface area contributed by atoms with Crippen LogP contribution < -0.4 is 10.4 Å². The molecule has 0 saturated carbocycles. The van der Waals surface area contributed by atoms with Crippen molar-refractivity contribution in [2.45, 2.75) is 79.3 Å². The van der Waals surface area contributed by atoms with E-state index < -0.39 is 37.0 Å². The molecule has 0 saturated heterocycles. The second-order valence-electron chi connectivity index (χ2n) is 10.1. The van der Waals surface area contributed by atoms with Gasteiger partial charge >= 0.3 is 37.9 Å². The van der Waals surface area contributed by atoms with E-state index in [0.717, 1.165) is 0 Å². The van der Waals surface area contributed by atoms with Crippen LogP contribution in [0.5, 0.6) is 0 Å². The Labute approximate surface area is 211 Å². The number of halogens is 2. The Hall–Kier alpha value is 0.0769. The summed E-state index contributed by atoms with van der Waals surface area (Å²) in [5.74, 6) is 0. The standard InChI is InChI=1S/C26H38Si2.2ClH.Zr/c1-10-28(11-2,26-20(5)18(3)19(4)21(26)6)25-16-22(17-27(7,8)9)23-14-12-13-15-24(23)25;;;/h12-16H,10-11,17H2,1-9H3;2*1H;/q-2;;;+4/p-2. The fraction of sp³-hybridized carbons (Fsp3) is 0.462. The third kappa shape index (κ3) is 5.43. The van der Waals surface area contributed by atoms with Crippen LogP contribution in [-0.2, 0) is 26.9 Å². The quantitative estimate of drug-likeness (QED) is 0.209. The van der Waals surface area contributed by atoms with Crippen molar-refractivity contribution < 1.29 is 20.8 Å². The summed E-state index contributed by atoms with van der Waals surface area (Å²) in [6.07, 6.45) is 0. The number of hydrogen-bond acceptors (Lipinski definition) is 0. The zero-order chi connectivity index (χ0) is 23.6. The average molecular weight is 569 g/mol. The van der Waals surface area contributed by atoms with E-state index in [2.05, 4.69) is 91.5 Å². The minimum absolute atomic E-state index is 0.826. The summed E-state index contributed by atoms with van der Waals surface area (Å²) >= 11 is -0.826. The van der Waals surface area contributed by atoms with Crippen molar-refractivity contribution in [2.24, 2.45) is 0 Å². The first kappa shape index (κ1) is 27.3. The number of rotatable bonds is 6. The van der Waals surface area contributed by atoms with Gasteiger partial charge < -0.3 is 0 Å². The first-order chi connectivity index (χ1) is 14.5. The summed E-state index contributed by atoms with van der Waals surface area (Å²) in [6, 6.07) is 15.8. The first-order valence-corrected chi connectivity index (χ1v) is 23.8. The molecule has 0 unspecified atom stereocenters. The molecule has 0 aliphatic rings. The summed E-state index contributed by atoms with van der Waals surface area (Å²) in [7, 11) is 6.90. The van der Waals surface area contributed by atoms with Gasteiger partial charge in [-0.25, -0.2) is 0 Å². The van der Waals surface area contributed by atoms with Crippen molar-refractivity contribution >= 4 is 54.3 Å². The van der Waals surface area contributed by atoms with Crippen LogP contribution in [0.2, 0.25) is 31.7 Å². The van der Waals surface area contributed by atoms with Gasteiger partial charge in [-0.3, -0.25) is 0 Å². The summed E-state index contributed by atoms with van der Waals surface area (Å²) in [5.41, 5.74) is 7.79. The third-order valence-electron chi connectivity index (χ3n) is 7.24. The van der Waals surface area contributed by atoms with E-state index >= 15 is 0 Å². The molecule has 0 fully saturated rings. The van der Waals surface area contributed by atoms with Gasteiger partial charge in [0.05, 0.1) is 0 Å². The zero-order valence-electron chi connectivity index (χ0n) is 20.8. The average Bonchev–Trinajstić information content (AvgIpc) is 3.16. The van der Waals surface area contributed by atoms with Crippen molar-refractivity contribution in [3.05, 3.63) is 58.1 Å². The normalized spacial score (nSPS) is 12.0. The molecule has 0 radical (unpaired) electrons. The molecule has 0 bridgehead atoms. The van der Waals surface area contributed by atoms with Gasteiger partial charge in [0.1, 0.15) is 0 Å². The molecular formula is C26H38Cl2Si2Zr. The molecule has 0 spiro atoms. The first-order valence-electron chi connectivity index (χ1n) is 11.4. The summed E-state index contributed by atoms with van der Waals surface area (Å²) in [5, 5.41) is 6.51. The minimum atomic E-state index is -1.80. The van der Waals surface area contributed by atoms with Gasteiger partial charge in [0.2, 0.25) is 0 Å². The number of hydrogen-bond donors (Lipinski definition) is 0. The van der Waals surface area contributed by atoms with Gasteiger partial charge in [0, 0.05) is 16.1 Å². The summed E-state index contributed by atoms with van der Waals surface area (Å²) in [4.78, 5) is 0. The third-order valence-corrected chi connectivity index (χ3v) is 14.2. The molecule has 168 valence electrons. The van der Waals surface area contributed by atoms with Gasteiger partial charge in [0.25, 0.3) is 0 Å². The molecule has 3 aromatic rings. The van der Waals surface area contributed by atoms with Crippen molar-refractivity contribution in [3.63, 3.8) is 0 Å². The Morgan fingerprint density at radius 2 is 1.35 bits per heavy atom. The van der Waals surface area contributed by atoms with Crippen LogP contribution in [0, 0.1) is 27.7 Å². The second kappa shape index (κ2) is 11.0. The topological polar surface area (TPSA) is 0 Å². The van der Waals surface area contributed by atoms with Gasteiger partial charge in [0.15, 0.2) is 0 Å². The van der Waals surface area contributed by atoms with Crippen molar-refractivity contribution in [3.8, 4) is 0 Å². The fourth-order valence-electron chi connectivity index (χ4n) is 5.50. The van der Waals surface area contributed by atoms with Gasteiger partial charge in [-0.15, -0.1) is 40.2 Å². The monoisotopic (exact) mass is 566 g/mol. The van der Waals surface area contributed by atoms with E-state index in [0.29, 0.717) is 0 Å². The van der Waals surface area contributed by atoms with E-state index in [-0.39, 0.29) is 0 Å². The van der Waals surface area contributed by atoms with Crippen LogP contribution in [0.3, 0.4) is 0 Å². The maximum atomic E-state index is 4.93. The van der Waals surface area contributed by atoms with Crippen LogP contribution in [0.1, 0.15) is 41.7 Å². The molecule has 0 aliphatic carbocycles. The van der Waals surface area contributed by atoms with E-state index in [9.17, 15) is 0 Å². The summed E-state index contributed by atoms with van der Waals surface area (Å²) < 4.78 is 0. The Balaban J connectivity index is 0.00000107. The maximum absolute atomic E-state index is 4.93. The predicted octanol–water partition coefficient (Wildman–Crippen LogP) is 7.91. The van der Waals surface area contributed by atoms with E-state index in [4.69, 9.17) is 17.0 Å².